The SMILES string of the molecule is CC(C)C1CCN(S(=O)(=O)c2ccccc2CCl)C1. The predicted molar refractivity (Wildman–Crippen MR) is 77.7 cm³/mol. The van der Waals surface area contributed by atoms with Crippen LogP contribution in [-0.4, -0.2) is 25.8 Å². The van der Waals surface area contributed by atoms with Gasteiger partial charge in [-0.1, -0.05) is 32.0 Å². The summed E-state index contributed by atoms with van der Waals surface area (Å²) in [5.41, 5.74) is 0.678. The quantitative estimate of drug-likeness (QED) is 0.802. The second-order valence-corrected chi connectivity index (χ2v) is 7.57. The van der Waals surface area contributed by atoms with E-state index in [9.17, 15) is 8.42 Å². The fraction of sp³-hybridized carbons (Fsp3) is 0.571. The number of rotatable bonds is 4. The third-order valence-corrected chi connectivity index (χ3v) is 6.12. The minimum atomic E-state index is -3.40. The topological polar surface area (TPSA) is 37.4 Å². The second kappa shape index (κ2) is 5.81. The number of hydrogen-bond donors (Lipinski definition) is 0. The molecular weight excluding hydrogens is 282 g/mol. The van der Waals surface area contributed by atoms with E-state index in [1.807, 2.05) is 6.07 Å². The maximum atomic E-state index is 12.6. The van der Waals surface area contributed by atoms with Gasteiger partial charge in [0.1, 0.15) is 0 Å². The lowest BCUT2D eigenvalue weighted by molar-refractivity contribution is 0.388. The van der Waals surface area contributed by atoms with Crippen molar-refractivity contribution in [3.63, 3.8) is 0 Å². The predicted octanol–water partition coefficient (Wildman–Crippen LogP) is 3.09. The van der Waals surface area contributed by atoms with Crippen molar-refractivity contribution in [2.75, 3.05) is 13.1 Å². The summed E-state index contributed by atoms with van der Waals surface area (Å²) in [6.07, 6.45) is 0.944. The summed E-state index contributed by atoms with van der Waals surface area (Å²) in [4.78, 5) is 0.356. The molecule has 0 spiro atoms. The van der Waals surface area contributed by atoms with Gasteiger partial charge in [0.05, 0.1) is 4.90 Å². The molecule has 1 aromatic carbocycles. The van der Waals surface area contributed by atoms with Crippen LogP contribution < -0.4 is 0 Å². The van der Waals surface area contributed by atoms with E-state index in [1.165, 1.54) is 0 Å². The average molecular weight is 302 g/mol. The zero-order chi connectivity index (χ0) is 14.0. The average Bonchev–Trinajstić information content (AvgIpc) is 2.89. The molecule has 1 aliphatic rings. The first-order chi connectivity index (χ1) is 8.96. The summed E-state index contributed by atoms with van der Waals surface area (Å²) >= 11 is 5.84. The molecule has 0 aromatic heterocycles. The summed E-state index contributed by atoms with van der Waals surface area (Å²) in [7, 11) is -3.40. The first-order valence-electron chi connectivity index (χ1n) is 6.61. The van der Waals surface area contributed by atoms with Crippen LogP contribution in [0.25, 0.3) is 0 Å². The molecular formula is C14H20ClNO2S. The molecule has 0 radical (unpaired) electrons. The zero-order valence-electron chi connectivity index (χ0n) is 11.3. The molecule has 1 aromatic rings. The lowest BCUT2D eigenvalue weighted by atomic mass is 9.96. The summed E-state index contributed by atoms with van der Waals surface area (Å²) in [6.45, 7) is 5.53. The normalized spacial score (nSPS) is 21.2. The van der Waals surface area contributed by atoms with E-state index in [4.69, 9.17) is 11.6 Å². The first-order valence-corrected chi connectivity index (χ1v) is 8.58. The van der Waals surface area contributed by atoms with Crippen LogP contribution >= 0.6 is 11.6 Å². The van der Waals surface area contributed by atoms with Gasteiger partial charge < -0.3 is 0 Å². The highest BCUT2D eigenvalue weighted by Crippen LogP contribution is 2.30. The molecule has 1 saturated heterocycles. The van der Waals surface area contributed by atoms with Crippen molar-refractivity contribution < 1.29 is 8.42 Å². The Morgan fingerprint density at radius 1 is 1.37 bits per heavy atom. The molecule has 0 bridgehead atoms. The van der Waals surface area contributed by atoms with Crippen LogP contribution in [0.3, 0.4) is 0 Å². The number of sulfonamides is 1. The zero-order valence-corrected chi connectivity index (χ0v) is 12.9. The van der Waals surface area contributed by atoms with Crippen LogP contribution in [-0.2, 0) is 15.9 Å². The molecule has 0 amide bonds. The van der Waals surface area contributed by atoms with Crippen molar-refractivity contribution >= 4 is 21.6 Å². The Morgan fingerprint density at radius 2 is 2.05 bits per heavy atom. The number of alkyl halides is 1. The molecule has 1 heterocycles. The maximum absolute atomic E-state index is 12.6. The summed E-state index contributed by atoms with van der Waals surface area (Å²) in [6, 6.07) is 6.99. The van der Waals surface area contributed by atoms with Crippen LogP contribution in [0.1, 0.15) is 25.8 Å². The van der Waals surface area contributed by atoms with Crippen LogP contribution in [0.2, 0.25) is 0 Å². The molecule has 3 nitrogen and oxygen atoms in total. The largest absolute Gasteiger partial charge is 0.243 e. The van der Waals surface area contributed by atoms with E-state index < -0.39 is 10.0 Å². The van der Waals surface area contributed by atoms with E-state index >= 15 is 0 Å². The van der Waals surface area contributed by atoms with Crippen molar-refractivity contribution in [3.8, 4) is 0 Å². The summed E-state index contributed by atoms with van der Waals surface area (Å²) in [5, 5.41) is 0. The van der Waals surface area contributed by atoms with Gasteiger partial charge in [0, 0.05) is 19.0 Å². The number of halogens is 1. The van der Waals surface area contributed by atoms with Crippen molar-refractivity contribution in [1.82, 2.24) is 4.31 Å². The van der Waals surface area contributed by atoms with Gasteiger partial charge in [-0.15, -0.1) is 11.6 Å². The molecule has 106 valence electrons. The Hall–Kier alpha value is -0.580. The molecule has 1 atom stereocenters. The minimum Gasteiger partial charge on any atom is -0.207 e. The molecule has 19 heavy (non-hydrogen) atoms. The van der Waals surface area contributed by atoms with Crippen molar-refractivity contribution in [3.05, 3.63) is 29.8 Å². The Morgan fingerprint density at radius 3 is 2.63 bits per heavy atom. The number of nitrogens with zero attached hydrogens (tertiary/aromatic N) is 1. The van der Waals surface area contributed by atoms with E-state index in [0.717, 1.165) is 6.42 Å². The van der Waals surface area contributed by atoms with E-state index in [2.05, 4.69) is 13.8 Å². The Kier molecular flexibility index (Phi) is 4.54. The van der Waals surface area contributed by atoms with Crippen LogP contribution in [0.15, 0.2) is 29.2 Å². The molecule has 1 fully saturated rings. The molecule has 0 aliphatic carbocycles. The maximum Gasteiger partial charge on any atom is 0.243 e. The van der Waals surface area contributed by atoms with Crippen LogP contribution in [0.4, 0.5) is 0 Å². The fourth-order valence-electron chi connectivity index (χ4n) is 2.52. The number of hydrogen-bond acceptors (Lipinski definition) is 2. The molecule has 0 N–H and O–H groups in total. The lowest BCUT2D eigenvalue weighted by Crippen LogP contribution is -2.30. The Bertz CT molecular complexity index is 542. The second-order valence-electron chi connectivity index (χ2n) is 5.40. The molecule has 5 heteroatoms. The highest BCUT2D eigenvalue weighted by molar-refractivity contribution is 7.89. The highest BCUT2D eigenvalue weighted by atomic mass is 35.5. The fourth-order valence-corrected chi connectivity index (χ4v) is 4.57. The lowest BCUT2D eigenvalue weighted by Gasteiger charge is -2.19. The third kappa shape index (κ3) is 2.96. The Balaban J connectivity index is 2.29. The monoisotopic (exact) mass is 301 g/mol. The van der Waals surface area contributed by atoms with Gasteiger partial charge in [-0.25, -0.2) is 8.42 Å². The Labute approximate surface area is 120 Å². The van der Waals surface area contributed by atoms with Crippen molar-refractivity contribution in [2.45, 2.75) is 31.0 Å². The van der Waals surface area contributed by atoms with Crippen molar-refractivity contribution in [2.24, 2.45) is 11.8 Å². The minimum absolute atomic E-state index is 0.219. The third-order valence-electron chi connectivity index (χ3n) is 3.86. The first kappa shape index (κ1) is 14.8. The van der Waals surface area contributed by atoms with E-state index in [0.29, 0.717) is 35.4 Å². The molecule has 0 saturated carbocycles. The van der Waals surface area contributed by atoms with Gasteiger partial charge in [-0.3, -0.25) is 0 Å². The summed E-state index contributed by atoms with van der Waals surface area (Å²) in [5.74, 6) is 1.19. The van der Waals surface area contributed by atoms with Gasteiger partial charge in [0.15, 0.2) is 0 Å². The van der Waals surface area contributed by atoms with Crippen LogP contribution in [0, 0.1) is 11.8 Å². The van der Waals surface area contributed by atoms with Gasteiger partial charge >= 0.3 is 0 Å². The molecule has 2 rings (SSSR count). The summed E-state index contributed by atoms with van der Waals surface area (Å²) < 4.78 is 26.9. The van der Waals surface area contributed by atoms with Gasteiger partial charge in [-0.2, -0.15) is 4.31 Å². The number of benzene rings is 1. The molecule has 1 unspecified atom stereocenters. The highest BCUT2D eigenvalue weighted by Gasteiger charge is 2.34. The van der Waals surface area contributed by atoms with Gasteiger partial charge in [-0.05, 0) is 29.9 Å². The van der Waals surface area contributed by atoms with E-state index in [-0.39, 0.29) is 5.88 Å². The van der Waals surface area contributed by atoms with Crippen LogP contribution in [0.5, 0.6) is 0 Å². The smallest absolute Gasteiger partial charge is 0.207 e. The van der Waals surface area contributed by atoms with Gasteiger partial charge in [0.2, 0.25) is 10.0 Å². The van der Waals surface area contributed by atoms with E-state index in [1.54, 1.807) is 22.5 Å². The molecule has 1 aliphatic heterocycles. The van der Waals surface area contributed by atoms with Crippen molar-refractivity contribution in [1.29, 1.82) is 0 Å². The van der Waals surface area contributed by atoms with Gasteiger partial charge in [0.25, 0.3) is 0 Å². The standard InChI is InChI=1S/C14H20ClNO2S/c1-11(2)13-7-8-16(10-13)19(17,18)14-6-4-3-5-12(14)9-15/h3-6,11,13H,7-10H2,1-2H3.